The highest BCUT2D eigenvalue weighted by atomic mass is 16.5. The van der Waals surface area contributed by atoms with Crippen LogP contribution in [0.1, 0.15) is 29.5 Å². The van der Waals surface area contributed by atoms with Crippen LogP contribution in [0.5, 0.6) is 11.5 Å². The second-order valence-corrected chi connectivity index (χ2v) is 10.7. The number of amides is 2. The van der Waals surface area contributed by atoms with Gasteiger partial charge in [-0.1, -0.05) is 42.5 Å². The molecule has 0 atom stereocenters. The minimum Gasteiger partial charge on any atom is -0.493 e. The molecule has 5 rings (SSSR count). The zero-order valence-electron chi connectivity index (χ0n) is 24.2. The van der Waals surface area contributed by atoms with Crippen molar-refractivity contribution < 1.29 is 19.1 Å². The Kier molecular flexibility index (Phi) is 8.59. The van der Waals surface area contributed by atoms with Crippen molar-refractivity contribution in [1.29, 1.82) is 0 Å². The zero-order chi connectivity index (χ0) is 28.9. The lowest BCUT2D eigenvalue weighted by molar-refractivity contribution is -0.134. The number of hydrogen-bond acceptors (Lipinski definition) is 6. The molecular weight excluding hydrogens is 516 g/mol. The number of anilines is 2. The van der Waals surface area contributed by atoms with E-state index < -0.39 is 0 Å². The van der Waals surface area contributed by atoms with Gasteiger partial charge in [0.05, 0.1) is 31.2 Å². The Labute approximate surface area is 241 Å². The van der Waals surface area contributed by atoms with Gasteiger partial charge in [-0.2, -0.15) is 0 Å². The van der Waals surface area contributed by atoms with Crippen molar-refractivity contribution in [2.75, 3.05) is 58.6 Å². The van der Waals surface area contributed by atoms with Crippen molar-refractivity contribution in [2.24, 2.45) is 5.92 Å². The Morgan fingerprint density at radius 1 is 0.976 bits per heavy atom. The summed E-state index contributed by atoms with van der Waals surface area (Å²) >= 11 is 0. The van der Waals surface area contributed by atoms with Gasteiger partial charge < -0.3 is 29.9 Å². The standard InChI is InChI=1S/C33H38N4O4/c1-36(2)33(39)24-15-18-37(19-16-24)17-14-22-10-12-25(13-11-22)34-31(23-8-6-5-7-9-23)30-26-20-28(40-3)29(41-4)21-27(26)35-32(30)38/h5-13,20-21,24,34H,14-19H2,1-4H3,(H,35,38)/b31-30-. The van der Waals surface area contributed by atoms with Crippen LogP contribution >= 0.6 is 0 Å². The van der Waals surface area contributed by atoms with Gasteiger partial charge in [-0.3, -0.25) is 9.59 Å². The molecule has 2 amide bonds. The average Bonchev–Trinajstić information content (AvgIpc) is 3.33. The number of carbonyl (C=O) groups is 2. The predicted molar refractivity (Wildman–Crippen MR) is 163 cm³/mol. The first-order valence-electron chi connectivity index (χ1n) is 14.0. The number of hydrogen-bond donors (Lipinski definition) is 2. The number of fused-ring (bicyclic) bond motifs is 1. The average molecular weight is 555 g/mol. The summed E-state index contributed by atoms with van der Waals surface area (Å²) in [5, 5.41) is 6.51. The number of nitrogens with one attached hydrogen (secondary N) is 2. The van der Waals surface area contributed by atoms with Gasteiger partial charge in [0, 0.05) is 43.9 Å². The second-order valence-electron chi connectivity index (χ2n) is 10.7. The molecule has 1 saturated heterocycles. The van der Waals surface area contributed by atoms with Gasteiger partial charge in [0.25, 0.3) is 5.91 Å². The molecule has 8 nitrogen and oxygen atoms in total. The molecule has 2 aliphatic heterocycles. The summed E-state index contributed by atoms with van der Waals surface area (Å²) < 4.78 is 11.0. The summed E-state index contributed by atoms with van der Waals surface area (Å²) in [5.41, 5.74) is 5.75. The van der Waals surface area contributed by atoms with Crippen molar-refractivity contribution in [3.63, 3.8) is 0 Å². The minimum atomic E-state index is -0.186. The lowest BCUT2D eigenvalue weighted by Crippen LogP contribution is -2.40. The normalized spacial score (nSPS) is 16.5. The Morgan fingerprint density at radius 3 is 2.27 bits per heavy atom. The second kappa shape index (κ2) is 12.5. The number of likely N-dealkylation sites (tertiary alicyclic amines) is 1. The van der Waals surface area contributed by atoms with Crippen molar-refractivity contribution in [2.45, 2.75) is 19.3 Å². The monoisotopic (exact) mass is 554 g/mol. The highest BCUT2D eigenvalue weighted by Crippen LogP contribution is 2.43. The van der Waals surface area contributed by atoms with Gasteiger partial charge in [-0.25, -0.2) is 0 Å². The van der Waals surface area contributed by atoms with Crippen LogP contribution in [-0.4, -0.2) is 69.6 Å². The van der Waals surface area contributed by atoms with Gasteiger partial charge in [-0.15, -0.1) is 0 Å². The van der Waals surface area contributed by atoms with Crippen LogP contribution < -0.4 is 20.1 Å². The Hall–Kier alpha value is -4.30. The lowest BCUT2D eigenvalue weighted by atomic mass is 9.95. The van der Waals surface area contributed by atoms with Crippen molar-refractivity contribution in [3.05, 3.63) is 83.4 Å². The first-order chi connectivity index (χ1) is 19.9. The largest absolute Gasteiger partial charge is 0.493 e. The fourth-order valence-corrected chi connectivity index (χ4v) is 5.58. The Bertz CT molecular complexity index is 1430. The molecule has 0 spiro atoms. The van der Waals surface area contributed by atoms with Crippen LogP contribution in [0.15, 0.2) is 66.7 Å². The Balaban J connectivity index is 1.33. The van der Waals surface area contributed by atoms with Crippen LogP contribution in [0, 0.1) is 5.92 Å². The van der Waals surface area contributed by atoms with Crippen LogP contribution in [0.3, 0.4) is 0 Å². The molecule has 214 valence electrons. The number of nitrogens with zero attached hydrogens (tertiary/aromatic N) is 2. The van der Waals surface area contributed by atoms with Gasteiger partial charge in [0.2, 0.25) is 5.91 Å². The number of methoxy groups -OCH3 is 2. The fourth-order valence-electron chi connectivity index (χ4n) is 5.58. The number of piperidine rings is 1. The molecule has 3 aromatic rings. The quantitative estimate of drug-likeness (QED) is 0.363. The van der Waals surface area contributed by atoms with E-state index in [1.165, 1.54) is 5.56 Å². The number of carbonyl (C=O) groups excluding carboxylic acids is 2. The molecule has 0 saturated carbocycles. The number of ether oxygens (including phenoxy) is 2. The molecule has 0 aromatic heterocycles. The molecule has 2 heterocycles. The minimum absolute atomic E-state index is 0.150. The SMILES string of the molecule is COc1cc2c(cc1OC)/C(=C(/Nc1ccc(CCN3CCC(C(=O)N(C)C)CC3)cc1)c1ccccc1)C(=O)N2. The molecule has 41 heavy (non-hydrogen) atoms. The van der Waals surface area contributed by atoms with E-state index in [1.807, 2.05) is 50.5 Å². The first-order valence-corrected chi connectivity index (χ1v) is 14.0. The van der Waals surface area contributed by atoms with Crippen LogP contribution in [0.2, 0.25) is 0 Å². The summed E-state index contributed by atoms with van der Waals surface area (Å²) in [6, 6.07) is 21.9. The molecular formula is C33H38N4O4. The third-order valence-corrected chi connectivity index (χ3v) is 7.90. The molecule has 3 aromatic carbocycles. The molecule has 0 unspecified atom stereocenters. The summed E-state index contributed by atoms with van der Waals surface area (Å²) in [6.45, 7) is 2.88. The third-order valence-electron chi connectivity index (χ3n) is 7.90. The van der Waals surface area contributed by atoms with E-state index in [9.17, 15) is 9.59 Å². The van der Waals surface area contributed by atoms with E-state index in [0.717, 1.165) is 61.4 Å². The molecule has 2 N–H and O–H groups in total. The summed E-state index contributed by atoms with van der Waals surface area (Å²) in [7, 11) is 6.84. The molecule has 0 radical (unpaired) electrons. The molecule has 1 fully saturated rings. The maximum Gasteiger partial charge on any atom is 0.258 e. The maximum absolute atomic E-state index is 13.3. The van der Waals surface area contributed by atoms with E-state index in [-0.39, 0.29) is 17.7 Å². The van der Waals surface area contributed by atoms with E-state index >= 15 is 0 Å². The van der Waals surface area contributed by atoms with E-state index in [2.05, 4.69) is 39.8 Å². The predicted octanol–water partition coefficient (Wildman–Crippen LogP) is 4.98. The highest BCUT2D eigenvalue weighted by molar-refractivity contribution is 6.37. The highest BCUT2D eigenvalue weighted by Gasteiger charge is 2.30. The van der Waals surface area contributed by atoms with Crippen molar-refractivity contribution >= 4 is 34.5 Å². The smallest absolute Gasteiger partial charge is 0.258 e. The van der Waals surface area contributed by atoms with Gasteiger partial charge in [0.1, 0.15) is 0 Å². The van der Waals surface area contributed by atoms with Crippen molar-refractivity contribution in [3.8, 4) is 11.5 Å². The van der Waals surface area contributed by atoms with Gasteiger partial charge in [0.15, 0.2) is 11.5 Å². The summed E-state index contributed by atoms with van der Waals surface area (Å²) in [6.07, 6.45) is 2.79. The zero-order valence-corrected chi connectivity index (χ0v) is 24.2. The number of rotatable bonds is 9. The third kappa shape index (κ3) is 6.23. The lowest BCUT2D eigenvalue weighted by Gasteiger charge is -2.32. The van der Waals surface area contributed by atoms with Crippen LogP contribution in [0.25, 0.3) is 11.3 Å². The topological polar surface area (TPSA) is 83.1 Å². The van der Waals surface area contributed by atoms with Crippen molar-refractivity contribution in [1.82, 2.24) is 9.80 Å². The van der Waals surface area contributed by atoms with E-state index in [0.29, 0.717) is 22.8 Å². The molecule has 0 bridgehead atoms. The van der Waals surface area contributed by atoms with E-state index in [1.54, 1.807) is 25.2 Å². The fraction of sp³-hybridized carbons (Fsp3) is 0.333. The van der Waals surface area contributed by atoms with Crippen LogP contribution in [-0.2, 0) is 16.0 Å². The number of benzene rings is 3. The van der Waals surface area contributed by atoms with E-state index in [4.69, 9.17) is 9.47 Å². The maximum atomic E-state index is 13.3. The molecule has 2 aliphatic rings. The molecule has 0 aliphatic carbocycles. The Morgan fingerprint density at radius 2 is 1.63 bits per heavy atom. The summed E-state index contributed by atoms with van der Waals surface area (Å²) in [4.78, 5) is 29.7. The first kappa shape index (κ1) is 28.2. The van der Waals surface area contributed by atoms with Gasteiger partial charge >= 0.3 is 0 Å². The van der Waals surface area contributed by atoms with Crippen LogP contribution in [0.4, 0.5) is 11.4 Å². The summed E-state index contributed by atoms with van der Waals surface area (Å²) in [5.74, 6) is 1.33. The van der Waals surface area contributed by atoms with Gasteiger partial charge in [-0.05, 0) is 61.7 Å². The molecule has 8 heteroatoms.